The van der Waals surface area contributed by atoms with Crippen molar-refractivity contribution in [1.82, 2.24) is 4.90 Å². The molecule has 1 aliphatic rings. The Kier molecular flexibility index (Phi) is 5.01. The van der Waals surface area contributed by atoms with Gasteiger partial charge in [-0.3, -0.25) is 4.90 Å². The Morgan fingerprint density at radius 1 is 1.21 bits per heavy atom. The van der Waals surface area contributed by atoms with Crippen molar-refractivity contribution in [3.05, 3.63) is 34.3 Å². The van der Waals surface area contributed by atoms with Crippen molar-refractivity contribution in [1.29, 1.82) is 0 Å². The molecule has 1 aromatic carbocycles. The molecule has 2 rings (SSSR count). The summed E-state index contributed by atoms with van der Waals surface area (Å²) in [6.07, 6.45) is 0.529. The molecule has 1 aromatic rings. The first-order chi connectivity index (χ1) is 8.97. The van der Waals surface area contributed by atoms with Gasteiger partial charge in [0.15, 0.2) is 0 Å². The summed E-state index contributed by atoms with van der Waals surface area (Å²) in [5.74, 6) is 0. The van der Waals surface area contributed by atoms with E-state index in [1.165, 1.54) is 5.56 Å². The molecule has 0 radical (unpaired) electrons. The van der Waals surface area contributed by atoms with Crippen molar-refractivity contribution in [2.75, 3.05) is 13.1 Å². The van der Waals surface area contributed by atoms with Gasteiger partial charge in [0, 0.05) is 29.6 Å². The standard InChI is InChI=1S/C15H23BrN2O/c1-10-8-18(9-11(2)19-10)15(12(3)17)13-4-6-14(16)7-5-13/h4-7,10-12,15H,8-9,17H2,1-3H3. The minimum absolute atomic E-state index is 0.0960. The van der Waals surface area contributed by atoms with Gasteiger partial charge in [-0.15, -0.1) is 0 Å². The summed E-state index contributed by atoms with van der Waals surface area (Å²) >= 11 is 3.48. The smallest absolute Gasteiger partial charge is 0.0678 e. The summed E-state index contributed by atoms with van der Waals surface area (Å²) in [5, 5.41) is 0. The monoisotopic (exact) mass is 326 g/mol. The first-order valence-electron chi connectivity index (χ1n) is 6.88. The number of nitrogens with zero attached hydrogens (tertiary/aromatic N) is 1. The highest BCUT2D eigenvalue weighted by Crippen LogP contribution is 2.28. The molecule has 106 valence electrons. The highest BCUT2D eigenvalue weighted by molar-refractivity contribution is 9.10. The van der Waals surface area contributed by atoms with Crippen LogP contribution in [0.1, 0.15) is 32.4 Å². The fourth-order valence-corrected chi connectivity index (χ4v) is 3.22. The first-order valence-corrected chi connectivity index (χ1v) is 7.67. The molecule has 0 amide bonds. The maximum atomic E-state index is 6.23. The van der Waals surface area contributed by atoms with Crippen LogP contribution in [0.4, 0.5) is 0 Å². The van der Waals surface area contributed by atoms with E-state index in [0.29, 0.717) is 0 Å². The number of hydrogen-bond donors (Lipinski definition) is 1. The Balaban J connectivity index is 2.22. The van der Waals surface area contributed by atoms with Crippen molar-refractivity contribution >= 4 is 15.9 Å². The van der Waals surface area contributed by atoms with E-state index in [-0.39, 0.29) is 24.3 Å². The number of morpholine rings is 1. The number of nitrogens with two attached hydrogens (primary N) is 1. The lowest BCUT2D eigenvalue weighted by Gasteiger charge is -2.42. The van der Waals surface area contributed by atoms with Gasteiger partial charge in [0.05, 0.1) is 12.2 Å². The first kappa shape index (κ1) is 15.0. The summed E-state index contributed by atoms with van der Waals surface area (Å²) in [4.78, 5) is 2.45. The van der Waals surface area contributed by atoms with Gasteiger partial charge >= 0.3 is 0 Å². The summed E-state index contributed by atoms with van der Waals surface area (Å²) < 4.78 is 6.91. The fraction of sp³-hybridized carbons (Fsp3) is 0.600. The number of hydrogen-bond acceptors (Lipinski definition) is 3. The van der Waals surface area contributed by atoms with Crippen LogP contribution < -0.4 is 5.73 Å². The molecule has 1 saturated heterocycles. The van der Waals surface area contributed by atoms with Gasteiger partial charge in [0.1, 0.15) is 0 Å². The second-order valence-electron chi connectivity index (χ2n) is 5.57. The predicted molar refractivity (Wildman–Crippen MR) is 82.1 cm³/mol. The van der Waals surface area contributed by atoms with Crippen LogP contribution in [-0.4, -0.2) is 36.2 Å². The van der Waals surface area contributed by atoms with Crippen LogP contribution in [-0.2, 0) is 4.74 Å². The molecule has 4 atom stereocenters. The quantitative estimate of drug-likeness (QED) is 0.928. The zero-order valence-corrected chi connectivity index (χ0v) is 13.4. The van der Waals surface area contributed by atoms with Crippen molar-refractivity contribution in [3.8, 4) is 0 Å². The van der Waals surface area contributed by atoms with Gasteiger partial charge in [0.2, 0.25) is 0 Å². The topological polar surface area (TPSA) is 38.5 Å². The van der Waals surface area contributed by atoms with E-state index in [4.69, 9.17) is 10.5 Å². The van der Waals surface area contributed by atoms with E-state index in [2.05, 4.69) is 65.9 Å². The Morgan fingerprint density at radius 2 is 1.74 bits per heavy atom. The van der Waals surface area contributed by atoms with Crippen LogP contribution in [0.2, 0.25) is 0 Å². The van der Waals surface area contributed by atoms with Gasteiger partial charge in [-0.05, 0) is 38.5 Å². The minimum atomic E-state index is 0.0960. The summed E-state index contributed by atoms with van der Waals surface area (Å²) in [6.45, 7) is 8.21. The van der Waals surface area contributed by atoms with Crippen molar-refractivity contribution < 1.29 is 4.74 Å². The van der Waals surface area contributed by atoms with Gasteiger partial charge < -0.3 is 10.5 Å². The van der Waals surface area contributed by atoms with Crippen molar-refractivity contribution in [3.63, 3.8) is 0 Å². The predicted octanol–water partition coefficient (Wildman–Crippen LogP) is 2.95. The molecule has 1 aliphatic heterocycles. The molecule has 0 saturated carbocycles. The van der Waals surface area contributed by atoms with Gasteiger partial charge in [0.25, 0.3) is 0 Å². The number of benzene rings is 1. The van der Waals surface area contributed by atoms with Crippen molar-refractivity contribution in [2.24, 2.45) is 5.73 Å². The highest BCUT2D eigenvalue weighted by atomic mass is 79.9. The molecule has 2 N–H and O–H groups in total. The summed E-state index contributed by atoms with van der Waals surface area (Å²) in [6, 6.07) is 8.82. The van der Waals surface area contributed by atoms with E-state index < -0.39 is 0 Å². The Bertz CT molecular complexity index is 397. The lowest BCUT2D eigenvalue weighted by molar-refractivity contribution is -0.0831. The highest BCUT2D eigenvalue weighted by Gasteiger charge is 2.30. The Labute approximate surface area is 124 Å². The number of rotatable bonds is 3. The SMILES string of the molecule is CC1CN(C(c2ccc(Br)cc2)C(C)N)CC(C)O1. The third-order valence-electron chi connectivity index (χ3n) is 3.55. The second-order valence-corrected chi connectivity index (χ2v) is 6.48. The van der Waals surface area contributed by atoms with E-state index >= 15 is 0 Å². The molecule has 0 aromatic heterocycles. The molecular formula is C15H23BrN2O. The van der Waals surface area contributed by atoms with Gasteiger partial charge in [-0.25, -0.2) is 0 Å². The molecule has 4 unspecified atom stereocenters. The molecule has 0 bridgehead atoms. The normalized spacial score (nSPS) is 28.1. The van der Waals surface area contributed by atoms with Gasteiger partial charge in [-0.1, -0.05) is 28.1 Å². The van der Waals surface area contributed by atoms with Crippen LogP contribution in [0.25, 0.3) is 0 Å². The molecule has 19 heavy (non-hydrogen) atoms. The third-order valence-corrected chi connectivity index (χ3v) is 4.08. The summed E-state index contributed by atoms with van der Waals surface area (Å²) in [7, 11) is 0. The Morgan fingerprint density at radius 3 is 2.21 bits per heavy atom. The zero-order chi connectivity index (χ0) is 14.0. The zero-order valence-electron chi connectivity index (χ0n) is 11.8. The molecule has 1 fully saturated rings. The third kappa shape index (κ3) is 3.78. The number of ether oxygens (including phenoxy) is 1. The maximum Gasteiger partial charge on any atom is 0.0678 e. The molecule has 0 spiro atoms. The summed E-state index contributed by atoms with van der Waals surface area (Å²) in [5.41, 5.74) is 7.51. The van der Waals surface area contributed by atoms with Crippen LogP contribution in [0.15, 0.2) is 28.7 Å². The van der Waals surface area contributed by atoms with E-state index in [9.17, 15) is 0 Å². The lowest BCUT2D eigenvalue weighted by atomic mass is 9.98. The van der Waals surface area contributed by atoms with Crippen LogP contribution >= 0.6 is 15.9 Å². The van der Waals surface area contributed by atoms with E-state index in [1.807, 2.05) is 0 Å². The molecule has 4 heteroatoms. The molecule has 1 heterocycles. The Hall–Kier alpha value is -0.420. The second kappa shape index (κ2) is 6.35. The average Bonchev–Trinajstić information content (AvgIpc) is 2.30. The molecular weight excluding hydrogens is 304 g/mol. The molecule has 0 aliphatic carbocycles. The van der Waals surface area contributed by atoms with Crippen LogP contribution in [0, 0.1) is 0 Å². The maximum absolute atomic E-state index is 6.23. The van der Waals surface area contributed by atoms with Crippen LogP contribution in [0.5, 0.6) is 0 Å². The average molecular weight is 327 g/mol. The van der Waals surface area contributed by atoms with Gasteiger partial charge in [-0.2, -0.15) is 0 Å². The van der Waals surface area contributed by atoms with E-state index in [0.717, 1.165) is 17.6 Å². The lowest BCUT2D eigenvalue weighted by Crippen LogP contribution is -2.50. The molecule has 3 nitrogen and oxygen atoms in total. The minimum Gasteiger partial charge on any atom is -0.373 e. The fourth-order valence-electron chi connectivity index (χ4n) is 2.95. The number of halogens is 1. The van der Waals surface area contributed by atoms with E-state index in [1.54, 1.807) is 0 Å². The van der Waals surface area contributed by atoms with Crippen molar-refractivity contribution in [2.45, 2.75) is 45.1 Å². The largest absolute Gasteiger partial charge is 0.373 e. The van der Waals surface area contributed by atoms with Crippen LogP contribution in [0.3, 0.4) is 0 Å².